The number of hydrogen-bond acceptors (Lipinski definition) is 6. The molecule has 1 saturated heterocycles. The van der Waals surface area contributed by atoms with Crippen LogP contribution in [0.1, 0.15) is 74.5 Å². The van der Waals surface area contributed by atoms with Crippen molar-refractivity contribution in [1.82, 2.24) is 15.6 Å². The number of rotatable bonds is 3. The van der Waals surface area contributed by atoms with E-state index in [9.17, 15) is 4.79 Å². The number of hydrogen-bond donors (Lipinski definition) is 2. The average Bonchev–Trinajstić information content (AvgIpc) is 3.04. The van der Waals surface area contributed by atoms with Crippen LogP contribution in [-0.2, 0) is 6.42 Å². The average molecular weight is 411 g/mol. The Morgan fingerprint density at radius 2 is 1.83 bits per heavy atom. The monoisotopic (exact) mass is 410 g/mol. The zero-order chi connectivity index (χ0) is 21.7. The van der Waals surface area contributed by atoms with Crippen LogP contribution < -0.4 is 15.5 Å². The molecule has 1 atom stereocenters. The molecular formula is C24H34N4O2. The third-order valence-electron chi connectivity index (χ3n) is 6.55. The highest BCUT2D eigenvalue weighted by atomic mass is 16.5. The number of carbonyl (C=O) groups is 1. The summed E-state index contributed by atoms with van der Waals surface area (Å²) in [4.78, 5) is 14.4. The van der Waals surface area contributed by atoms with Gasteiger partial charge < -0.3 is 15.0 Å². The van der Waals surface area contributed by atoms with Gasteiger partial charge >= 0.3 is 0 Å². The summed E-state index contributed by atoms with van der Waals surface area (Å²) in [6.45, 7) is 9.08. The summed E-state index contributed by atoms with van der Waals surface area (Å²) in [6.07, 6.45) is 7.76. The first-order valence-electron chi connectivity index (χ1n) is 10.9. The maximum atomic E-state index is 12.1. The van der Waals surface area contributed by atoms with Crippen LogP contribution in [0.5, 0.6) is 5.75 Å². The fourth-order valence-electron chi connectivity index (χ4n) is 5.41. The second-order valence-corrected chi connectivity index (χ2v) is 10.2. The summed E-state index contributed by atoms with van der Waals surface area (Å²) < 4.78 is 5.60. The van der Waals surface area contributed by atoms with Crippen molar-refractivity contribution in [2.75, 3.05) is 14.2 Å². The molecule has 1 aliphatic carbocycles. The van der Waals surface area contributed by atoms with Gasteiger partial charge in [0.2, 0.25) is 0 Å². The lowest BCUT2D eigenvalue weighted by atomic mass is 9.79. The number of benzene rings is 1. The molecule has 1 aromatic rings. The Labute approximate surface area is 179 Å². The van der Waals surface area contributed by atoms with E-state index in [0.717, 1.165) is 47.5 Å². The zero-order valence-corrected chi connectivity index (χ0v) is 19.0. The van der Waals surface area contributed by atoms with E-state index in [2.05, 4.69) is 68.6 Å². The van der Waals surface area contributed by atoms with Gasteiger partial charge in [0.25, 0.3) is 0 Å². The maximum absolute atomic E-state index is 12.1. The molecule has 0 bridgehead atoms. The minimum absolute atomic E-state index is 0.0704. The number of amidine groups is 1. The van der Waals surface area contributed by atoms with Crippen molar-refractivity contribution in [2.24, 2.45) is 5.10 Å². The molecule has 1 unspecified atom stereocenters. The van der Waals surface area contributed by atoms with Crippen LogP contribution in [0.4, 0.5) is 0 Å². The number of hydrazone groups is 1. The fraction of sp³-hybridized carbons (Fsp3) is 0.583. The standard InChI is InChI=1S/C24H34N4O2/c1-23(2)13-16(14-24(3,4)27-23)28(5)22-10-8-19(25-26-22)18-11-15-7-9-20(29)17(15)12-21(18)30-6/h8,10-12,16,19,25,27H,7,9,13-14H2,1-6H3. The van der Waals surface area contributed by atoms with E-state index < -0.39 is 0 Å². The molecule has 30 heavy (non-hydrogen) atoms. The van der Waals surface area contributed by atoms with Crippen LogP contribution in [0.25, 0.3) is 0 Å². The molecule has 6 nitrogen and oxygen atoms in total. The SMILES string of the molecule is COc1cc2c(cc1C1C=CC(N(C)C3CC(C)(C)NC(C)(C)C3)=NN1)CCC2=O. The maximum Gasteiger partial charge on any atom is 0.163 e. The predicted octanol–water partition coefficient (Wildman–Crippen LogP) is 3.58. The number of aryl methyl sites for hydroxylation is 1. The summed E-state index contributed by atoms with van der Waals surface area (Å²) in [7, 11) is 3.79. The number of nitrogens with zero attached hydrogens (tertiary/aromatic N) is 2. The minimum Gasteiger partial charge on any atom is -0.496 e. The molecule has 0 radical (unpaired) electrons. The zero-order valence-electron chi connectivity index (χ0n) is 19.0. The van der Waals surface area contributed by atoms with Crippen molar-refractivity contribution in [3.05, 3.63) is 41.0 Å². The third kappa shape index (κ3) is 3.97. The number of methoxy groups -OCH3 is 1. The van der Waals surface area contributed by atoms with E-state index >= 15 is 0 Å². The number of ether oxygens (including phenoxy) is 1. The quantitative estimate of drug-likeness (QED) is 0.797. The topological polar surface area (TPSA) is 66.0 Å². The van der Waals surface area contributed by atoms with Crippen molar-refractivity contribution < 1.29 is 9.53 Å². The van der Waals surface area contributed by atoms with Gasteiger partial charge in [-0.25, -0.2) is 0 Å². The molecule has 2 heterocycles. The van der Waals surface area contributed by atoms with Crippen LogP contribution in [0.15, 0.2) is 29.4 Å². The highest BCUT2D eigenvalue weighted by Crippen LogP contribution is 2.35. The summed E-state index contributed by atoms with van der Waals surface area (Å²) in [6, 6.07) is 4.33. The normalized spacial score (nSPS) is 24.8. The van der Waals surface area contributed by atoms with Crippen LogP contribution in [0, 0.1) is 0 Å². The number of piperidine rings is 1. The lowest BCUT2D eigenvalue weighted by Crippen LogP contribution is -2.62. The number of ketones is 1. The first-order chi connectivity index (χ1) is 14.1. The van der Waals surface area contributed by atoms with Gasteiger partial charge in [-0.1, -0.05) is 6.08 Å². The molecule has 3 aliphatic rings. The van der Waals surface area contributed by atoms with Gasteiger partial charge in [0, 0.05) is 41.7 Å². The second kappa shape index (κ2) is 7.41. The molecule has 1 fully saturated rings. The third-order valence-corrected chi connectivity index (χ3v) is 6.55. The number of nitrogens with one attached hydrogen (secondary N) is 2. The summed E-state index contributed by atoms with van der Waals surface area (Å²) in [5.41, 5.74) is 6.41. The van der Waals surface area contributed by atoms with Crippen molar-refractivity contribution in [3.63, 3.8) is 0 Å². The van der Waals surface area contributed by atoms with Gasteiger partial charge in [-0.15, -0.1) is 0 Å². The van der Waals surface area contributed by atoms with Crippen LogP contribution in [-0.4, -0.2) is 47.8 Å². The molecule has 162 valence electrons. The highest BCUT2D eigenvalue weighted by molar-refractivity contribution is 6.01. The van der Waals surface area contributed by atoms with E-state index in [4.69, 9.17) is 9.84 Å². The first-order valence-corrected chi connectivity index (χ1v) is 10.9. The number of likely N-dealkylation sites (N-methyl/N-ethyl adjacent to an activating group) is 1. The Morgan fingerprint density at radius 1 is 1.13 bits per heavy atom. The Morgan fingerprint density at radius 3 is 2.43 bits per heavy atom. The lowest BCUT2D eigenvalue weighted by Gasteiger charge is -2.49. The Balaban J connectivity index is 1.51. The molecule has 6 heteroatoms. The van der Waals surface area contributed by atoms with E-state index in [0.29, 0.717) is 12.5 Å². The van der Waals surface area contributed by atoms with E-state index in [1.165, 1.54) is 0 Å². The summed E-state index contributed by atoms with van der Waals surface area (Å²) >= 11 is 0. The second-order valence-electron chi connectivity index (χ2n) is 10.2. The predicted molar refractivity (Wildman–Crippen MR) is 120 cm³/mol. The van der Waals surface area contributed by atoms with Gasteiger partial charge in [0.1, 0.15) is 11.6 Å². The van der Waals surface area contributed by atoms with E-state index in [1.54, 1.807) is 7.11 Å². The van der Waals surface area contributed by atoms with Crippen molar-refractivity contribution in [2.45, 2.75) is 76.5 Å². The van der Waals surface area contributed by atoms with Crippen molar-refractivity contribution in [3.8, 4) is 5.75 Å². The summed E-state index contributed by atoms with van der Waals surface area (Å²) in [5, 5.41) is 8.45. The summed E-state index contributed by atoms with van der Waals surface area (Å²) in [5.74, 6) is 1.89. The Bertz CT molecular complexity index is 900. The van der Waals surface area contributed by atoms with Gasteiger partial charge in [-0.05, 0) is 70.7 Å². The smallest absolute Gasteiger partial charge is 0.163 e. The molecule has 1 aromatic carbocycles. The van der Waals surface area contributed by atoms with Gasteiger partial charge in [-0.2, -0.15) is 5.10 Å². The number of Topliss-reactive ketones (excluding diaryl/α,β-unsaturated/α-hetero) is 1. The Hall–Kier alpha value is -2.34. The molecule has 0 amide bonds. The lowest BCUT2D eigenvalue weighted by molar-refractivity contribution is 0.0994. The molecule has 0 saturated carbocycles. The number of fused-ring (bicyclic) bond motifs is 1. The molecular weight excluding hydrogens is 376 g/mol. The largest absolute Gasteiger partial charge is 0.496 e. The van der Waals surface area contributed by atoms with Crippen molar-refractivity contribution in [1.29, 1.82) is 0 Å². The highest BCUT2D eigenvalue weighted by Gasteiger charge is 2.40. The first kappa shape index (κ1) is 20.9. The van der Waals surface area contributed by atoms with E-state index in [1.807, 2.05) is 6.07 Å². The molecule has 0 aromatic heterocycles. The fourth-order valence-corrected chi connectivity index (χ4v) is 5.41. The van der Waals surface area contributed by atoms with Gasteiger partial charge in [0.05, 0.1) is 13.2 Å². The van der Waals surface area contributed by atoms with Gasteiger partial charge in [-0.3, -0.25) is 10.2 Å². The van der Waals surface area contributed by atoms with Crippen LogP contribution in [0.3, 0.4) is 0 Å². The molecule has 2 N–H and O–H groups in total. The number of carbonyl (C=O) groups excluding carboxylic acids is 1. The van der Waals surface area contributed by atoms with Crippen LogP contribution >= 0.6 is 0 Å². The minimum atomic E-state index is -0.0704. The molecule has 2 aliphatic heterocycles. The Kier molecular flexibility index (Phi) is 5.17. The van der Waals surface area contributed by atoms with Crippen LogP contribution in [0.2, 0.25) is 0 Å². The molecule has 4 rings (SSSR count). The van der Waals surface area contributed by atoms with Crippen molar-refractivity contribution >= 4 is 11.6 Å². The van der Waals surface area contributed by atoms with E-state index in [-0.39, 0.29) is 22.9 Å². The van der Waals surface area contributed by atoms with Gasteiger partial charge in [0.15, 0.2) is 5.78 Å². The molecule has 0 spiro atoms.